The van der Waals surface area contributed by atoms with Crippen molar-refractivity contribution in [3.63, 3.8) is 0 Å². The Morgan fingerprint density at radius 3 is 2.68 bits per heavy atom. The molecule has 1 N–H and O–H groups in total. The highest BCUT2D eigenvalue weighted by molar-refractivity contribution is 6.30. The van der Waals surface area contributed by atoms with Gasteiger partial charge in [-0.2, -0.15) is 0 Å². The summed E-state index contributed by atoms with van der Waals surface area (Å²) in [5, 5.41) is 4.49. The zero-order chi connectivity index (χ0) is 13.7. The fourth-order valence-corrected chi connectivity index (χ4v) is 3.08. The predicted octanol–water partition coefficient (Wildman–Crippen LogP) is 4.20. The zero-order valence-corrected chi connectivity index (χ0v) is 12.6. The summed E-state index contributed by atoms with van der Waals surface area (Å²) in [5.74, 6) is 0.567. The Morgan fingerprint density at radius 1 is 1.32 bits per heavy atom. The summed E-state index contributed by atoms with van der Waals surface area (Å²) in [4.78, 5) is 0. The van der Waals surface area contributed by atoms with Crippen molar-refractivity contribution in [3.8, 4) is 0 Å². The lowest BCUT2D eigenvalue weighted by Crippen LogP contribution is -2.33. The van der Waals surface area contributed by atoms with E-state index in [-0.39, 0.29) is 0 Å². The second-order valence-corrected chi connectivity index (χ2v) is 5.69. The summed E-state index contributed by atoms with van der Waals surface area (Å²) >= 11 is 5.99. The van der Waals surface area contributed by atoms with Gasteiger partial charge in [-0.3, -0.25) is 0 Å². The number of halogens is 1. The molecule has 0 radical (unpaired) electrons. The maximum atomic E-state index is 5.99. The van der Waals surface area contributed by atoms with Gasteiger partial charge >= 0.3 is 0 Å². The van der Waals surface area contributed by atoms with Gasteiger partial charge in [-0.1, -0.05) is 37.6 Å². The van der Waals surface area contributed by atoms with E-state index in [0.29, 0.717) is 18.1 Å². The first-order valence-corrected chi connectivity index (χ1v) is 7.74. The van der Waals surface area contributed by atoms with Crippen LogP contribution in [0.5, 0.6) is 0 Å². The van der Waals surface area contributed by atoms with Crippen molar-refractivity contribution in [1.82, 2.24) is 5.32 Å². The highest BCUT2D eigenvalue weighted by Crippen LogP contribution is 2.35. The molecule has 2 nitrogen and oxygen atoms in total. The van der Waals surface area contributed by atoms with Gasteiger partial charge in [0, 0.05) is 23.6 Å². The molecule has 1 heterocycles. The topological polar surface area (TPSA) is 21.3 Å². The minimum Gasteiger partial charge on any atom is -0.378 e. The molecule has 19 heavy (non-hydrogen) atoms. The lowest BCUT2D eigenvalue weighted by atomic mass is 9.86. The molecule has 106 valence electrons. The second-order valence-electron chi connectivity index (χ2n) is 5.25. The highest BCUT2D eigenvalue weighted by Gasteiger charge is 2.34. The van der Waals surface area contributed by atoms with Crippen LogP contribution in [0.4, 0.5) is 0 Å². The van der Waals surface area contributed by atoms with E-state index in [1.165, 1.54) is 5.56 Å². The van der Waals surface area contributed by atoms with Crippen LogP contribution in [0, 0.1) is 5.92 Å². The Hall–Kier alpha value is -0.570. The van der Waals surface area contributed by atoms with Crippen LogP contribution in [0.2, 0.25) is 5.02 Å². The fraction of sp³-hybridized carbons (Fsp3) is 0.625. The van der Waals surface area contributed by atoms with Crippen LogP contribution in [0.25, 0.3) is 0 Å². The van der Waals surface area contributed by atoms with E-state index in [2.05, 4.69) is 31.3 Å². The van der Waals surface area contributed by atoms with Crippen molar-refractivity contribution < 1.29 is 4.74 Å². The fourth-order valence-electron chi connectivity index (χ4n) is 2.95. The first-order chi connectivity index (χ1) is 9.26. The minimum absolute atomic E-state index is 0.379. The van der Waals surface area contributed by atoms with Crippen LogP contribution in [-0.4, -0.2) is 19.3 Å². The normalized spacial score (nSPS) is 24.6. The van der Waals surface area contributed by atoms with Crippen molar-refractivity contribution in [3.05, 3.63) is 34.9 Å². The number of rotatable bonds is 6. The molecule has 3 unspecified atom stereocenters. The molecule has 0 amide bonds. The van der Waals surface area contributed by atoms with E-state index in [9.17, 15) is 0 Å². The van der Waals surface area contributed by atoms with Gasteiger partial charge in [0.15, 0.2) is 0 Å². The summed E-state index contributed by atoms with van der Waals surface area (Å²) in [6.45, 7) is 6.34. The Labute approximate surface area is 121 Å². The van der Waals surface area contributed by atoms with Gasteiger partial charge < -0.3 is 10.1 Å². The molecule has 0 aliphatic carbocycles. The van der Waals surface area contributed by atoms with Crippen molar-refractivity contribution in [2.24, 2.45) is 5.92 Å². The third kappa shape index (κ3) is 3.71. The van der Waals surface area contributed by atoms with Gasteiger partial charge in [0.05, 0.1) is 6.10 Å². The van der Waals surface area contributed by atoms with Gasteiger partial charge in [-0.15, -0.1) is 0 Å². The smallest absolute Gasteiger partial charge is 0.0619 e. The number of benzene rings is 1. The van der Waals surface area contributed by atoms with Crippen molar-refractivity contribution in [2.75, 3.05) is 13.2 Å². The maximum absolute atomic E-state index is 5.99. The molecule has 1 saturated heterocycles. The molecule has 1 fully saturated rings. The molecule has 0 bridgehead atoms. The SMILES string of the molecule is CCCNC(c1ccc(Cl)cc1)C1CCOC1CC. The summed E-state index contributed by atoms with van der Waals surface area (Å²) < 4.78 is 5.85. The molecule has 3 heteroatoms. The Bertz CT molecular complexity index is 379. The standard InChI is InChI=1S/C16H24ClNO/c1-3-10-18-16(12-5-7-13(17)8-6-12)14-9-11-19-15(14)4-2/h5-8,14-16,18H,3-4,9-11H2,1-2H3. The maximum Gasteiger partial charge on any atom is 0.0619 e. The van der Waals surface area contributed by atoms with Gasteiger partial charge in [-0.05, 0) is 43.5 Å². The molecule has 3 atom stereocenters. The van der Waals surface area contributed by atoms with Crippen molar-refractivity contribution >= 4 is 11.6 Å². The van der Waals surface area contributed by atoms with Crippen molar-refractivity contribution in [1.29, 1.82) is 0 Å². The molecule has 1 aliphatic rings. The lowest BCUT2D eigenvalue weighted by molar-refractivity contribution is 0.0774. The third-order valence-corrected chi connectivity index (χ3v) is 4.19. The molecule has 0 aromatic heterocycles. The zero-order valence-electron chi connectivity index (χ0n) is 11.9. The van der Waals surface area contributed by atoms with Crippen LogP contribution < -0.4 is 5.32 Å². The summed E-state index contributed by atoms with van der Waals surface area (Å²) in [6, 6.07) is 8.62. The number of nitrogens with one attached hydrogen (secondary N) is 1. The van der Waals surface area contributed by atoms with Gasteiger partial charge in [0.1, 0.15) is 0 Å². The quantitative estimate of drug-likeness (QED) is 0.844. The van der Waals surface area contributed by atoms with E-state index in [1.807, 2.05) is 12.1 Å². The molecule has 0 saturated carbocycles. The summed E-state index contributed by atoms with van der Waals surface area (Å²) in [5.41, 5.74) is 1.33. The molecule has 2 rings (SSSR count). The first-order valence-electron chi connectivity index (χ1n) is 7.36. The van der Waals surface area contributed by atoms with E-state index in [1.54, 1.807) is 0 Å². The van der Waals surface area contributed by atoms with E-state index >= 15 is 0 Å². The molecule has 1 aromatic carbocycles. The lowest BCUT2D eigenvalue weighted by Gasteiger charge is -2.28. The Balaban J connectivity index is 2.17. The molecule has 1 aromatic rings. The van der Waals surface area contributed by atoms with Crippen LogP contribution >= 0.6 is 11.6 Å². The average molecular weight is 282 g/mol. The van der Waals surface area contributed by atoms with E-state index in [4.69, 9.17) is 16.3 Å². The number of hydrogen-bond acceptors (Lipinski definition) is 2. The molecular formula is C16H24ClNO. The molecule has 0 spiro atoms. The molecule has 1 aliphatic heterocycles. The van der Waals surface area contributed by atoms with Gasteiger partial charge in [0.2, 0.25) is 0 Å². The van der Waals surface area contributed by atoms with Crippen LogP contribution in [0.3, 0.4) is 0 Å². The highest BCUT2D eigenvalue weighted by atomic mass is 35.5. The Morgan fingerprint density at radius 2 is 2.05 bits per heavy atom. The summed E-state index contributed by atoms with van der Waals surface area (Å²) in [7, 11) is 0. The predicted molar refractivity (Wildman–Crippen MR) is 80.6 cm³/mol. The van der Waals surface area contributed by atoms with E-state index < -0.39 is 0 Å². The monoisotopic (exact) mass is 281 g/mol. The van der Waals surface area contributed by atoms with Crippen LogP contribution in [-0.2, 0) is 4.74 Å². The van der Waals surface area contributed by atoms with Gasteiger partial charge in [-0.25, -0.2) is 0 Å². The summed E-state index contributed by atoms with van der Waals surface area (Å²) in [6.07, 6.45) is 3.75. The third-order valence-electron chi connectivity index (χ3n) is 3.93. The van der Waals surface area contributed by atoms with E-state index in [0.717, 1.165) is 37.4 Å². The van der Waals surface area contributed by atoms with Crippen molar-refractivity contribution in [2.45, 2.75) is 45.3 Å². The van der Waals surface area contributed by atoms with Crippen LogP contribution in [0.1, 0.15) is 44.7 Å². The molecular weight excluding hydrogens is 258 g/mol. The Kier molecular flexibility index (Phi) is 5.68. The first kappa shape index (κ1) is 14.8. The number of hydrogen-bond donors (Lipinski definition) is 1. The minimum atomic E-state index is 0.379. The largest absolute Gasteiger partial charge is 0.378 e. The number of ether oxygens (including phenoxy) is 1. The van der Waals surface area contributed by atoms with Crippen LogP contribution in [0.15, 0.2) is 24.3 Å². The second kappa shape index (κ2) is 7.28. The van der Waals surface area contributed by atoms with Gasteiger partial charge in [0.25, 0.3) is 0 Å². The average Bonchev–Trinajstić information content (AvgIpc) is 2.89.